The molecule has 0 fully saturated rings. The van der Waals surface area contributed by atoms with Crippen molar-refractivity contribution in [2.45, 2.75) is 26.4 Å². The summed E-state index contributed by atoms with van der Waals surface area (Å²) >= 11 is 0. The van der Waals surface area contributed by atoms with Crippen molar-refractivity contribution in [3.8, 4) is 5.75 Å². The highest BCUT2D eigenvalue weighted by molar-refractivity contribution is 5.48. The summed E-state index contributed by atoms with van der Waals surface area (Å²) in [7, 11) is 0. The van der Waals surface area contributed by atoms with Crippen molar-refractivity contribution in [1.29, 1.82) is 0 Å². The van der Waals surface area contributed by atoms with Gasteiger partial charge in [0.05, 0.1) is 4.92 Å². The van der Waals surface area contributed by atoms with Crippen molar-refractivity contribution in [2.75, 3.05) is 6.54 Å². The minimum Gasteiger partial charge on any atom is -0.482 e. The Hall–Kier alpha value is -1.62. The molecule has 2 N–H and O–H groups in total. The van der Waals surface area contributed by atoms with E-state index in [4.69, 9.17) is 10.5 Å². The summed E-state index contributed by atoms with van der Waals surface area (Å²) in [6.07, 6.45) is 0.527. The van der Waals surface area contributed by atoms with Crippen LogP contribution in [0.4, 0.5) is 5.69 Å². The SMILES string of the molecule is CCc1ccc(OC(C)CN)c([N+](=O)[O-])c1. The first-order chi connectivity index (χ1) is 7.58. The monoisotopic (exact) mass is 224 g/mol. The maximum absolute atomic E-state index is 10.9. The van der Waals surface area contributed by atoms with Gasteiger partial charge < -0.3 is 10.5 Å². The third-order valence-corrected chi connectivity index (χ3v) is 2.29. The van der Waals surface area contributed by atoms with Gasteiger partial charge in [-0.05, 0) is 25.0 Å². The Kier molecular flexibility index (Phi) is 4.25. The van der Waals surface area contributed by atoms with Crippen molar-refractivity contribution in [2.24, 2.45) is 5.73 Å². The lowest BCUT2D eigenvalue weighted by Gasteiger charge is -2.12. The van der Waals surface area contributed by atoms with Gasteiger partial charge in [-0.3, -0.25) is 10.1 Å². The first-order valence-electron chi connectivity index (χ1n) is 5.22. The predicted molar refractivity (Wildman–Crippen MR) is 61.6 cm³/mol. The minimum absolute atomic E-state index is 0.000324. The summed E-state index contributed by atoms with van der Waals surface area (Å²) in [5.41, 5.74) is 6.32. The van der Waals surface area contributed by atoms with Crippen molar-refractivity contribution in [3.63, 3.8) is 0 Å². The molecule has 0 radical (unpaired) electrons. The molecule has 0 bridgehead atoms. The summed E-state index contributed by atoms with van der Waals surface area (Å²) in [4.78, 5) is 10.4. The molecule has 0 aliphatic heterocycles. The molecule has 1 atom stereocenters. The van der Waals surface area contributed by atoms with E-state index in [1.165, 1.54) is 0 Å². The Bertz CT molecular complexity index is 379. The standard InChI is InChI=1S/C11H16N2O3/c1-3-9-4-5-11(16-8(2)7-12)10(6-9)13(14)15/h4-6,8H,3,7,12H2,1-2H3. The van der Waals surface area contributed by atoms with E-state index in [2.05, 4.69) is 0 Å². The van der Waals surface area contributed by atoms with E-state index in [0.717, 1.165) is 12.0 Å². The zero-order valence-corrected chi connectivity index (χ0v) is 9.47. The average molecular weight is 224 g/mol. The molecule has 0 aliphatic carbocycles. The largest absolute Gasteiger partial charge is 0.482 e. The summed E-state index contributed by atoms with van der Waals surface area (Å²) < 4.78 is 5.39. The number of hydrogen-bond acceptors (Lipinski definition) is 4. The van der Waals surface area contributed by atoms with Gasteiger partial charge >= 0.3 is 5.69 Å². The topological polar surface area (TPSA) is 78.4 Å². The number of aryl methyl sites for hydroxylation is 1. The molecule has 0 aromatic heterocycles. The summed E-state index contributed by atoms with van der Waals surface area (Å²) in [6.45, 7) is 4.05. The van der Waals surface area contributed by atoms with Gasteiger partial charge in [-0.2, -0.15) is 0 Å². The third kappa shape index (κ3) is 2.93. The lowest BCUT2D eigenvalue weighted by Crippen LogP contribution is -2.23. The average Bonchev–Trinajstić information content (AvgIpc) is 2.29. The number of ether oxygens (including phenoxy) is 1. The highest BCUT2D eigenvalue weighted by Crippen LogP contribution is 2.28. The van der Waals surface area contributed by atoms with Crippen LogP contribution in [-0.2, 0) is 6.42 Å². The van der Waals surface area contributed by atoms with E-state index in [0.29, 0.717) is 6.54 Å². The van der Waals surface area contributed by atoms with E-state index in [9.17, 15) is 10.1 Å². The minimum atomic E-state index is -0.433. The van der Waals surface area contributed by atoms with E-state index in [-0.39, 0.29) is 17.5 Å². The van der Waals surface area contributed by atoms with Gasteiger partial charge in [0, 0.05) is 12.6 Å². The second-order valence-corrected chi connectivity index (χ2v) is 3.58. The van der Waals surface area contributed by atoms with Gasteiger partial charge in [0.15, 0.2) is 5.75 Å². The maximum Gasteiger partial charge on any atom is 0.311 e. The summed E-state index contributed by atoms with van der Waals surface area (Å²) in [5, 5.41) is 10.9. The fraction of sp³-hybridized carbons (Fsp3) is 0.455. The summed E-state index contributed by atoms with van der Waals surface area (Å²) in [5.74, 6) is 0.278. The number of nitro groups is 1. The van der Waals surface area contributed by atoms with Crippen molar-refractivity contribution in [3.05, 3.63) is 33.9 Å². The third-order valence-electron chi connectivity index (χ3n) is 2.29. The van der Waals surface area contributed by atoms with Crippen LogP contribution in [0.5, 0.6) is 5.75 Å². The van der Waals surface area contributed by atoms with Gasteiger partial charge in [0.1, 0.15) is 6.10 Å². The van der Waals surface area contributed by atoms with Crippen LogP contribution in [0.3, 0.4) is 0 Å². The Balaban J connectivity index is 3.03. The highest BCUT2D eigenvalue weighted by atomic mass is 16.6. The quantitative estimate of drug-likeness (QED) is 0.611. The van der Waals surface area contributed by atoms with Crippen LogP contribution < -0.4 is 10.5 Å². The number of hydrogen-bond donors (Lipinski definition) is 1. The number of nitrogens with zero attached hydrogens (tertiary/aromatic N) is 1. The highest BCUT2D eigenvalue weighted by Gasteiger charge is 2.17. The molecule has 1 aromatic rings. The lowest BCUT2D eigenvalue weighted by atomic mass is 10.1. The number of nitro benzene ring substituents is 1. The second kappa shape index (κ2) is 5.46. The fourth-order valence-electron chi connectivity index (χ4n) is 1.29. The van der Waals surface area contributed by atoms with Crippen LogP contribution in [-0.4, -0.2) is 17.6 Å². The molecule has 88 valence electrons. The first-order valence-corrected chi connectivity index (χ1v) is 5.22. The van der Waals surface area contributed by atoms with Crippen LogP contribution in [0.15, 0.2) is 18.2 Å². The van der Waals surface area contributed by atoms with Gasteiger partial charge in [-0.1, -0.05) is 13.0 Å². The molecule has 5 nitrogen and oxygen atoms in total. The van der Waals surface area contributed by atoms with E-state index in [1.807, 2.05) is 13.0 Å². The van der Waals surface area contributed by atoms with Crippen molar-refractivity contribution in [1.82, 2.24) is 0 Å². The van der Waals surface area contributed by atoms with Crippen LogP contribution in [0.25, 0.3) is 0 Å². The molecule has 0 amide bonds. The summed E-state index contributed by atoms with van der Waals surface area (Å²) in [6, 6.07) is 4.99. The van der Waals surface area contributed by atoms with Crippen LogP contribution in [0.1, 0.15) is 19.4 Å². The number of nitrogens with two attached hydrogens (primary N) is 1. The molecular weight excluding hydrogens is 208 g/mol. The van der Waals surface area contributed by atoms with Gasteiger partial charge in [0.2, 0.25) is 0 Å². The lowest BCUT2D eigenvalue weighted by molar-refractivity contribution is -0.386. The number of benzene rings is 1. The predicted octanol–water partition coefficient (Wildman–Crippen LogP) is 1.88. The zero-order valence-electron chi connectivity index (χ0n) is 9.47. The Morgan fingerprint density at radius 1 is 1.56 bits per heavy atom. The van der Waals surface area contributed by atoms with E-state index < -0.39 is 4.92 Å². The number of rotatable bonds is 5. The molecule has 0 aliphatic rings. The molecule has 1 aromatic carbocycles. The maximum atomic E-state index is 10.9. The van der Waals surface area contributed by atoms with Crippen LogP contribution in [0.2, 0.25) is 0 Å². The molecular formula is C11H16N2O3. The zero-order chi connectivity index (χ0) is 12.1. The fourth-order valence-corrected chi connectivity index (χ4v) is 1.29. The van der Waals surface area contributed by atoms with Crippen LogP contribution >= 0.6 is 0 Å². The molecule has 0 spiro atoms. The van der Waals surface area contributed by atoms with Crippen LogP contribution in [0, 0.1) is 10.1 Å². The van der Waals surface area contributed by atoms with Gasteiger partial charge in [0.25, 0.3) is 0 Å². The van der Waals surface area contributed by atoms with E-state index in [1.54, 1.807) is 19.1 Å². The Labute approximate surface area is 94.4 Å². The molecule has 5 heteroatoms. The second-order valence-electron chi connectivity index (χ2n) is 3.58. The molecule has 1 rings (SSSR count). The van der Waals surface area contributed by atoms with Gasteiger partial charge in [-0.25, -0.2) is 0 Å². The van der Waals surface area contributed by atoms with Crippen molar-refractivity contribution >= 4 is 5.69 Å². The normalized spacial score (nSPS) is 12.2. The molecule has 0 saturated carbocycles. The molecule has 16 heavy (non-hydrogen) atoms. The molecule has 1 unspecified atom stereocenters. The van der Waals surface area contributed by atoms with Gasteiger partial charge in [-0.15, -0.1) is 0 Å². The van der Waals surface area contributed by atoms with Crippen molar-refractivity contribution < 1.29 is 9.66 Å². The Morgan fingerprint density at radius 3 is 2.75 bits per heavy atom. The molecule has 0 saturated heterocycles. The molecule has 0 heterocycles. The first kappa shape index (κ1) is 12.4. The smallest absolute Gasteiger partial charge is 0.311 e. The Morgan fingerprint density at radius 2 is 2.25 bits per heavy atom. The van der Waals surface area contributed by atoms with E-state index >= 15 is 0 Å².